The fourth-order valence-corrected chi connectivity index (χ4v) is 2.12. The zero-order chi connectivity index (χ0) is 13.0. The summed E-state index contributed by atoms with van der Waals surface area (Å²) in [6, 6.07) is 7.96. The summed E-state index contributed by atoms with van der Waals surface area (Å²) in [4.78, 5) is 4.47. The second kappa shape index (κ2) is 5.87. The lowest BCUT2D eigenvalue weighted by Crippen LogP contribution is -2.47. The van der Waals surface area contributed by atoms with E-state index in [0.29, 0.717) is 12.3 Å². The molecule has 0 spiro atoms. The molecule has 0 aliphatic carbocycles. The molecule has 98 valence electrons. The smallest absolute Gasteiger partial charge is 0.118 e. The largest absolute Gasteiger partial charge is 0.497 e. The highest BCUT2D eigenvalue weighted by molar-refractivity contribution is 5.81. The topological polar surface area (TPSA) is 39.6 Å². The molecule has 0 aromatic heterocycles. The van der Waals surface area contributed by atoms with Crippen LogP contribution in [-0.2, 0) is 6.42 Å². The first kappa shape index (κ1) is 12.9. The van der Waals surface area contributed by atoms with Gasteiger partial charge in [-0.2, -0.15) is 0 Å². The van der Waals surface area contributed by atoms with Gasteiger partial charge >= 0.3 is 0 Å². The van der Waals surface area contributed by atoms with Crippen LogP contribution in [0.15, 0.2) is 24.3 Å². The predicted molar refractivity (Wildman–Crippen MR) is 73.5 cm³/mol. The number of hydrogen-bond acceptors (Lipinski definition) is 3. The van der Waals surface area contributed by atoms with Crippen molar-refractivity contribution in [3.05, 3.63) is 29.8 Å². The van der Waals surface area contributed by atoms with Crippen LogP contribution in [0.5, 0.6) is 5.75 Å². The molecule has 0 radical (unpaired) electrons. The number of amidine groups is 1. The van der Waals surface area contributed by atoms with E-state index in [1.807, 2.05) is 24.3 Å². The number of ether oxygens (including phenoxy) is 1. The molecule has 1 fully saturated rings. The van der Waals surface area contributed by atoms with Crippen LogP contribution in [0.25, 0.3) is 0 Å². The van der Waals surface area contributed by atoms with Gasteiger partial charge in [-0.15, -0.1) is 0 Å². The lowest BCUT2D eigenvalue weighted by atomic mass is 10.1. The SMILES string of the molecule is COc1ccc(CC(=N)N2CCN(C)CC2)cc1. The van der Waals surface area contributed by atoms with Crippen LogP contribution in [0, 0.1) is 5.41 Å². The monoisotopic (exact) mass is 247 g/mol. The molecule has 1 aliphatic rings. The van der Waals surface area contributed by atoms with Gasteiger partial charge in [-0.05, 0) is 24.7 Å². The van der Waals surface area contributed by atoms with Crippen molar-refractivity contribution >= 4 is 5.84 Å². The van der Waals surface area contributed by atoms with Crippen molar-refractivity contribution in [3.63, 3.8) is 0 Å². The van der Waals surface area contributed by atoms with Crippen molar-refractivity contribution < 1.29 is 4.74 Å². The molecule has 1 heterocycles. The quantitative estimate of drug-likeness (QED) is 0.649. The van der Waals surface area contributed by atoms with E-state index in [1.54, 1.807) is 7.11 Å². The summed E-state index contributed by atoms with van der Waals surface area (Å²) in [5.41, 5.74) is 1.17. The van der Waals surface area contributed by atoms with Gasteiger partial charge in [-0.3, -0.25) is 5.41 Å². The molecule has 0 amide bonds. The molecule has 0 saturated carbocycles. The van der Waals surface area contributed by atoms with Gasteiger partial charge in [0, 0.05) is 32.6 Å². The highest BCUT2D eigenvalue weighted by atomic mass is 16.5. The average Bonchev–Trinajstić information content (AvgIpc) is 2.40. The molecule has 2 rings (SSSR count). The molecular formula is C14H21N3O. The van der Waals surface area contributed by atoms with Crippen LogP contribution in [0.2, 0.25) is 0 Å². The van der Waals surface area contributed by atoms with Gasteiger partial charge in [-0.1, -0.05) is 12.1 Å². The third kappa shape index (κ3) is 3.23. The molecule has 18 heavy (non-hydrogen) atoms. The number of nitrogens with one attached hydrogen (secondary N) is 1. The minimum atomic E-state index is 0.702. The number of methoxy groups -OCH3 is 1. The zero-order valence-corrected chi connectivity index (χ0v) is 11.1. The molecule has 1 saturated heterocycles. The Morgan fingerprint density at radius 1 is 1.17 bits per heavy atom. The van der Waals surface area contributed by atoms with E-state index in [4.69, 9.17) is 10.1 Å². The maximum atomic E-state index is 8.16. The van der Waals surface area contributed by atoms with Gasteiger partial charge in [0.25, 0.3) is 0 Å². The van der Waals surface area contributed by atoms with E-state index < -0.39 is 0 Å². The Balaban J connectivity index is 1.90. The normalized spacial score (nSPS) is 16.7. The highest BCUT2D eigenvalue weighted by Crippen LogP contribution is 2.13. The lowest BCUT2D eigenvalue weighted by molar-refractivity contribution is 0.213. The Hall–Kier alpha value is -1.55. The molecule has 1 aliphatic heterocycles. The van der Waals surface area contributed by atoms with Gasteiger partial charge < -0.3 is 14.5 Å². The van der Waals surface area contributed by atoms with Crippen molar-refractivity contribution in [2.45, 2.75) is 6.42 Å². The highest BCUT2D eigenvalue weighted by Gasteiger charge is 2.16. The van der Waals surface area contributed by atoms with Gasteiger partial charge in [-0.25, -0.2) is 0 Å². The van der Waals surface area contributed by atoms with E-state index >= 15 is 0 Å². The molecule has 4 heteroatoms. The van der Waals surface area contributed by atoms with Crippen LogP contribution in [0.4, 0.5) is 0 Å². The van der Waals surface area contributed by atoms with Gasteiger partial charge in [0.1, 0.15) is 11.6 Å². The molecule has 0 bridgehead atoms. The van der Waals surface area contributed by atoms with Crippen molar-refractivity contribution in [1.29, 1.82) is 5.41 Å². The van der Waals surface area contributed by atoms with Crippen molar-refractivity contribution in [1.82, 2.24) is 9.80 Å². The predicted octanol–water partition coefficient (Wildman–Crippen LogP) is 1.46. The van der Waals surface area contributed by atoms with Crippen molar-refractivity contribution in [3.8, 4) is 5.75 Å². The number of hydrogen-bond donors (Lipinski definition) is 1. The zero-order valence-electron chi connectivity index (χ0n) is 11.1. The first-order valence-electron chi connectivity index (χ1n) is 6.33. The number of likely N-dealkylation sites (N-methyl/N-ethyl adjacent to an activating group) is 1. The Bertz CT molecular complexity index is 394. The Morgan fingerprint density at radius 3 is 2.33 bits per heavy atom. The molecule has 1 aromatic rings. The molecule has 4 nitrogen and oxygen atoms in total. The van der Waals surface area contributed by atoms with Gasteiger partial charge in [0.05, 0.1) is 7.11 Å². The minimum Gasteiger partial charge on any atom is -0.497 e. The Morgan fingerprint density at radius 2 is 1.78 bits per heavy atom. The van der Waals surface area contributed by atoms with E-state index in [0.717, 1.165) is 31.9 Å². The summed E-state index contributed by atoms with van der Waals surface area (Å²) in [6.45, 7) is 4.02. The Kier molecular flexibility index (Phi) is 4.20. The van der Waals surface area contributed by atoms with Crippen LogP contribution < -0.4 is 4.74 Å². The second-order valence-electron chi connectivity index (χ2n) is 4.76. The lowest BCUT2D eigenvalue weighted by Gasteiger charge is -2.34. The molecule has 1 aromatic carbocycles. The standard InChI is InChI=1S/C14H21N3O/c1-16-7-9-17(10-8-16)14(15)11-12-3-5-13(18-2)6-4-12/h3-6,15H,7-11H2,1-2H3. The van der Waals surface area contributed by atoms with Gasteiger partial charge in [0.2, 0.25) is 0 Å². The van der Waals surface area contributed by atoms with E-state index in [2.05, 4.69) is 16.8 Å². The number of benzene rings is 1. The van der Waals surface area contributed by atoms with Gasteiger partial charge in [0.15, 0.2) is 0 Å². The third-order valence-corrected chi connectivity index (χ3v) is 3.42. The van der Waals surface area contributed by atoms with Crippen molar-refractivity contribution in [2.24, 2.45) is 0 Å². The maximum absolute atomic E-state index is 8.16. The fourth-order valence-electron chi connectivity index (χ4n) is 2.12. The molecule has 0 unspecified atom stereocenters. The third-order valence-electron chi connectivity index (χ3n) is 3.42. The van der Waals surface area contributed by atoms with E-state index in [1.165, 1.54) is 5.56 Å². The van der Waals surface area contributed by atoms with Crippen molar-refractivity contribution in [2.75, 3.05) is 40.3 Å². The minimum absolute atomic E-state index is 0.702. The molecule has 1 N–H and O–H groups in total. The van der Waals surface area contributed by atoms with E-state index in [9.17, 15) is 0 Å². The summed E-state index contributed by atoms with van der Waals surface area (Å²) in [7, 11) is 3.80. The van der Waals surface area contributed by atoms with Crippen LogP contribution in [0.1, 0.15) is 5.56 Å². The summed E-state index contributed by atoms with van der Waals surface area (Å²) in [5, 5.41) is 8.16. The van der Waals surface area contributed by atoms with E-state index in [-0.39, 0.29) is 0 Å². The first-order chi connectivity index (χ1) is 8.69. The number of nitrogens with zero attached hydrogens (tertiary/aromatic N) is 2. The average molecular weight is 247 g/mol. The van der Waals surface area contributed by atoms with Crippen LogP contribution in [-0.4, -0.2) is 56.0 Å². The summed E-state index contributed by atoms with van der Waals surface area (Å²) in [5.74, 6) is 1.58. The van der Waals surface area contributed by atoms with Crippen LogP contribution >= 0.6 is 0 Å². The fraction of sp³-hybridized carbons (Fsp3) is 0.500. The maximum Gasteiger partial charge on any atom is 0.118 e. The number of piperazine rings is 1. The molecular weight excluding hydrogens is 226 g/mol. The summed E-state index contributed by atoms with van der Waals surface area (Å²) < 4.78 is 5.13. The van der Waals surface area contributed by atoms with Crippen LogP contribution in [0.3, 0.4) is 0 Å². The number of rotatable bonds is 3. The summed E-state index contributed by atoms with van der Waals surface area (Å²) in [6.07, 6.45) is 0.702. The molecule has 0 atom stereocenters. The first-order valence-corrected chi connectivity index (χ1v) is 6.33. The second-order valence-corrected chi connectivity index (χ2v) is 4.76. The summed E-state index contributed by atoms with van der Waals surface area (Å²) >= 11 is 0. The Labute approximate surface area is 109 Å².